The fourth-order valence-corrected chi connectivity index (χ4v) is 2.31. The van der Waals surface area contributed by atoms with Crippen molar-refractivity contribution in [3.05, 3.63) is 24.3 Å². The Morgan fingerprint density at radius 3 is 2.71 bits per heavy atom. The zero-order chi connectivity index (χ0) is 12.3. The van der Waals surface area contributed by atoms with Crippen molar-refractivity contribution in [1.29, 1.82) is 0 Å². The Labute approximate surface area is 103 Å². The largest absolute Gasteiger partial charge is 0.383 e. The molecule has 0 bridgehead atoms. The van der Waals surface area contributed by atoms with Crippen LogP contribution in [-0.2, 0) is 4.74 Å². The average Bonchev–Trinajstić information content (AvgIpc) is 2.34. The predicted molar refractivity (Wildman–Crippen MR) is 71.8 cm³/mol. The van der Waals surface area contributed by atoms with E-state index >= 15 is 0 Å². The fourth-order valence-electron chi connectivity index (χ4n) is 2.31. The maximum absolute atomic E-state index is 6.03. The lowest BCUT2D eigenvalue weighted by Crippen LogP contribution is -2.46. The van der Waals surface area contributed by atoms with Crippen LogP contribution in [0.2, 0.25) is 0 Å². The first kappa shape index (κ1) is 12.2. The summed E-state index contributed by atoms with van der Waals surface area (Å²) in [5.41, 5.74) is 8.58. The third-order valence-corrected chi connectivity index (χ3v) is 3.17. The number of hydrogen-bond acceptors (Lipinski definition) is 4. The van der Waals surface area contributed by atoms with Crippen LogP contribution in [0.15, 0.2) is 24.3 Å². The van der Waals surface area contributed by atoms with Gasteiger partial charge in [-0.2, -0.15) is 0 Å². The van der Waals surface area contributed by atoms with Gasteiger partial charge >= 0.3 is 0 Å². The molecule has 1 aliphatic heterocycles. The summed E-state index contributed by atoms with van der Waals surface area (Å²) in [4.78, 5) is 4.63. The van der Waals surface area contributed by atoms with Crippen LogP contribution in [-0.4, -0.2) is 46.4 Å². The first-order valence-electron chi connectivity index (χ1n) is 6.02. The Kier molecular flexibility index (Phi) is 3.86. The van der Waals surface area contributed by atoms with Gasteiger partial charge in [0, 0.05) is 39.8 Å². The summed E-state index contributed by atoms with van der Waals surface area (Å²) in [5, 5.41) is 0. The molecule has 94 valence electrons. The third-order valence-electron chi connectivity index (χ3n) is 3.17. The van der Waals surface area contributed by atoms with Crippen molar-refractivity contribution < 1.29 is 4.74 Å². The Morgan fingerprint density at radius 1 is 1.29 bits per heavy atom. The number of benzene rings is 1. The summed E-state index contributed by atoms with van der Waals surface area (Å²) in [7, 11) is 3.82. The quantitative estimate of drug-likeness (QED) is 0.842. The molecule has 4 heteroatoms. The normalized spacial score (nSPS) is 16.9. The highest BCUT2D eigenvalue weighted by molar-refractivity contribution is 5.73. The average molecular weight is 235 g/mol. The molecular formula is C13H21N3O. The molecule has 17 heavy (non-hydrogen) atoms. The highest BCUT2D eigenvalue weighted by Crippen LogP contribution is 2.31. The van der Waals surface area contributed by atoms with Gasteiger partial charge in [0.2, 0.25) is 0 Å². The van der Waals surface area contributed by atoms with E-state index < -0.39 is 0 Å². The Hall–Kier alpha value is -1.26. The standard InChI is InChI=1S/C13H21N3O/c1-15-7-8-16(9-11(14)10-17-2)13-6-4-3-5-12(13)15/h3-6,11H,7-10,14H2,1-2H3. The van der Waals surface area contributed by atoms with Crippen molar-refractivity contribution in [2.24, 2.45) is 5.73 Å². The van der Waals surface area contributed by atoms with E-state index in [1.165, 1.54) is 11.4 Å². The first-order valence-corrected chi connectivity index (χ1v) is 6.02. The van der Waals surface area contributed by atoms with Gasteiger partial charge in [0.05, 0.1) is 18.0 Å². The lowest BCUT2D eigenvalue weighted by atomic mass is 10.1. The van der Waals surface area contributed by atoms with Crippen LogP contribution < -0.4 is 15.5 Å². The van der Waals surface area contributed by atoms with E-state index in [0.717, 1.165) is 19.6 Å². The minimum atomic E-state index is 0.0662. The molecule has 1 aliphatic rings. The van der Waals surface area contributed by atoms with E-state index in [9.17, 15) is 0 Å². The molecule has 0 radical (unpaired) electrons. The van der Waals surface area contributed by atoms with Gasteiger partial charge in [-0.3, -0.25) is 0 Å². The molecule has 0 amide bonds. The number of rotatable bonds is 4. The Bertz CT molecular complexity index is 369. The number of fused-ring (bicyclic) bond motifs is 1. The molecule has 1 unspecified atom stereocenters. The minimum absolute atomic E-state index is 0.0662. The topological polar surface area (TPSA) is 41.7 Å². The highest BCUT2D eigenvalue weighted by atomic mass is 16.5. The van der Waals surface area contributed by atoms with Crippen molar-refractivity contribution in [1.82, 2.24) is 0 Å². The van der Waals surface area contributed by atoms with Crippen molar-refractivity contribution >= 4 is 11.4 Å². The second-order valence-electron chi connectivity index (χ2n) is 4.57. The SMILES string of the molecule is COCC(N)CN1CCN(C)c2ccccc21. The molecule has 2 rings (SSSR count). The molecule has 0 saturated heterocycles. The van der Waals surface area contributed by atoms with Crippen molar-refractivity contribution in [3.63, 3.8) is 0 Å². The van der Waals surface area contributed by atoms with Gasteiger partial charge in [-0.05, 0) is 12.1 Å². The minimum Gasteiger partial charge on any atom is -0.383 e. The summed E-state index contributed by atoms with van der Waals surface area (Å²) in [5.74, 6) is 0. The second kappa shape index (κ2) is 5.38. The molecule has 1 aromatic carbocycles. The van der Waals surface area contributed by atoms with Gasteiger partial charge in [0.1, 0.15) is 0 Å². The van der Waals surface area contributed by atoms with Crippen molar-refractivity contribution in [3.8, 4) is 0 Å². The molecule has 1 heterocycles. The number of para-hydroxylation sites is 2. The monoisotopic (exact) mass is 235 g/mol. The van der Waals surface area contributed by atoms with E-state index in [4.69, 9.17) is 10.5 Å². The molecule has 2 N–H and O–H groups in total. The number of ether oxygens (including phenoxy) is 1. The van der Waals surface area contributed by atoms with E-state index in [-0.39, 0.29) is 6.04 Å². The van der Waals surface area contributed by atoms with Crippen molar-refractivity contribution in [2.45, 2.75) is 6.04 Å². The van der Waals surface area contributed by atoms with Crippen LogP contribution in [0.1, 0.15) is 0 Å². The summed E-state index contributed by atoms with van der Waals surface area (Å²) in [6.45, 7) is 3.51. The lowest BCUT2D eigenvalue weighted by molar-refractivity contribution is 0.181. The number of anilines is 2. The number of likely N-dealkylation sites (N-methyl/N-ethyl adjacent to an activating group) is 1. The molecule has 0 spiro atoms. The number of methoxy groups -OCH3 is 1. The third kappa shape index (κ3) is 2.70. The summed E-state index contributed by atoms with van der Waals surface area (Å²) >= 11 is 0. The number of hydrogen-bond donors (Lipinski definition) is 1. The summed E-state index contributed by atoms with van der Waals surface area (Å²) in [6.07, 6.45) is 0. The summed E-state index contributed by atoms with van der Waals surface area (Å²) < 4.78 is 5.09. The molecule has 1 aromatic rings. The molecular weight excluding hydrogens is 214 g/mol. The zero-order valence-electron chi connectivity index (χ0n) is 10.6. The summed E-state index contributed by atoms with van der Waals surface area (Å²) in [6, 6.07) is 8.53. The van der Waals surface area contributed by atoms with Gasteiger partial charge in [-0.25, -0.2) is 0 Å². The van der Waals surface area contributed by atoms with E-state index in [1.807, 2.05) is 0 Å². The van der Waals surface area contributed by atoms with E-state index in [2.05, 4.69) is 41.1 Å². The van der Waals surface area contributed by atoms with Gasteiger partial charge in [0.25, 0.3) is 0 Å². The zero-order valence-corrected chi connectivity index (χ0v) is 10.6. The maximum atomic E-state index is 6.03. The molecule has 0 fully saturated rings. The molecule has 4 nitrogen and oxygen atoms in total. The molecule has 0 saturated carbocycles. The van der Waals surface area contributed by atoms with Crippen LogP contribution in [0.5, 0.6) is 0 Å². The fraction of sp³-hybridized carbons (Fsp3) is 0.538. The molecule has 0 aromatic heterocycles. The number of nitrogens with zero attached hydrogens (tertiary/aromatic N) is 2. The van der Waals surface area contributed by atoms with E-state index in [0.29, 0.717) is 6.61 Å². The van der Waals surface area contributed by atoms with Gasteiger partial charge in [-0.15, -0.1) is 0 Å². The number of nitrogens with two attached hydrogens (primary N) is 1. The lowest BCUT2D eigenvalue weighted by Gasteiger charge is -2.38. The predicted octanol–water partition coefficient (Wildman–Crippen LogP) is 0.917. The van der Waals surface area contributed by atoms with Crippen LogP contribution >= 0.6 is 0 Å². The van der Waals surface area contributed by atoms with Crippen LogP contribution in [0.3, 0.4) is 0 Å². The van der Waals surface area contributed by atoms with Crippen LogP contribution in [0.4, 0.5) is 11.4 Å². The first-order chi connectivity index (χ1) is 8.22. The van der Waals surface area contributed by atoms with Crippen LogP contribution in [0, 0.1) is 0 Å². The molecule has 0 aliphatic carbocycles. The smallest absolute Gasteiger partial charge is 0.0631 e. The Balaban J connectivity index is 2.13. The van der Waals surface area contributed by atoms with E-state index in [1.54, 1.807) is 7.11 Å². The Morgan fingerprint density at radius 2 is 2.00 bits per heavy atom. The van der Waals surface area contributed by atoms with Gasteiger partial charge in [0.15, 0.2) is 0 Å². The van der Waals surface area contributed by atoms with Crippen molar-refractivity contribution in [2.75, 3.05) is 50.2 Å². The maximum Gasteiger partial charge on any atom is 0.0631 e. The van der Waals surface area contributed by atoms with Crippen LogP contribution in [0.25, 0.3) is 0 Å². The second-order valence-corrected chi connectivity index (χ2v) is 4.57. The highest BCUT2D eigenvalue weighted by Gasteiger charge is 2.20. The molecule has 1 atom stereocenters. The van der Waals surface area contributed by atoms with Gasteiger partial charge in [-0.1, -0.05) is 12.1 Å². The van der Waals surface area contributed by atoms with Gasteiger partial charge < -0.3 is 20.3 Å².